The molecule has 100 valence electrons. The Kier molecular flexibility index (Phi) is 3.74. The number of hydrogen-bond acceptors (Lipinski definition) is 6. The molecule has 2 rings (SSSR count). The van der Waals surface area contributed by atoms with Crippen molar-refractivity contribution in [1.29, 1.82) is 0 Å². The van der Waals surface area contributed by atoms with Crippen molar-refractivity contribution < 1.29 is 9.21 Å². The van der Waals surface area contributed by atoms with Crippen LogP contribution >= 0.6 is 0 Å². The lowest BCUT2D eigenvalue weighted by molar-refractivity contribution is 0.0928. The predicted molar refractivity (Wildman–Crippen MR) is 68.7 cm³/mol. The molecule has 1 atom stereocenters. The lowest BCUT2D eigenvalue weighted by atomic mass is 10.3. The molecule has 0 aliphatic carbocycles. The first-order chi connectivity index (χ1) is 9.10. The average molecular weight is 261 g/mol. The fourth-order valence-electron chi connectivity index (χ4n) is 1.48. The summed E-state index contributed by atoms with van der Waals surface area (Å²) in [7, 11) is 1.73. The van der Waals surface area contributed by atoms with Crippen LogP contribution in [0.25, 0.3) is 0 Å². The third-order valence-corrected chi connectivity index (χ3v) is 2.50. The SMILES string of the molecule is CNc1cnc(C(=O)NC(C)c2ncc(C)o2)cn1. The van der Waals surface area contributed by atoms with Crippen LogP contribution in [0.1, 0.15) is 35.1 Å². The molecule has 19 heavy (non-hydrogen) atoms. The Hall–Kier alpha value is -2.44. The molecule has 2 aromatic rings. The average Bonchev–Trinajstić information content (AvgIpc) is 2.85. The van der Waals surface area contributed by atoms with E-state index < -0.39 is 0 Å². The Labute approximate surface area is 110 Å². The van der Waals surface area contributed by atoms with Gasteiger partial charge in [0.05, 0.1) is 18.6 Å². The molecule has 2 heterocycles. The highest BCUT2D eigenvalue weighted by atomic mass is 16.4. The molecule has 2 N–H and O–H groups in total. The Morgan fingerprint density at radius 1 is 1.26 bits per heavy atom. The highest BCUT2D eigenvalue weighted by molar-refractivity contribution is 5.92. The van der Waals surface area contributed by atoms with E-state index in [4.69, 9.17) is 4.42 Å². The molecule has 0 radical (unpaired) electrons. The largest absolute Gasteiger partial charge is 0.444 e. The number of rotatable bonds is 4. The second kappa shape index (κ2) is 5.47. The van der Waals surface area contributed by atoms with Crippen LogP contribution in [0.3, 0.4) is 0 Å². The van der Waals surface area contributed by atoms with Gasteiger partial charge in [-0.2, -0.15) is 0 Å². The van der Waals surface area contributed by atoms with E-state index >= 15 is 0 Å². The molecule has 1 amide bonds. The minimum absolute atomic E-state index is 0.245. The summed E-state index contributed by atoms with van der Waals surface area (Å²) < 4.78 is 5.35. The molecule has 7 heteroatoms. The van der Waals surface area contributed by atoms with Crippen LogP contribution in [0.5, 0.6) is 0 Å². The first-order valence-corrected chi connectivity index (χ1v) is 5.83. The zero-order valence-corrected chi connectivity index (χ0v) is 11.0. The number of hydrogen-bond donors (Lipinski definition) is 2. The van der Waals surface area contributed by atoms with Crippen molar-refractivity contribution in [1.82, 2.24) is 20.3 Å². The Bertz CT molecular complexity index is 564. The maximum Gasteiger partial charge on any atom is 0.272 e. The summed E-state index contributed by atoms with van der Waals surface area (Å²) in [5, 5.41) is 5.58. The number of carbonyl (C=O) groups is 1. The molecular formula is C12H15N5O2. The second-order valence-electron chi connectivity index (χ2n) is 4.04. The third-order valence-electron chi connectivity index (χ3n) is 2.50. The van der Waals surface area contributed by atoms with Gasteiger partial charge in [0.15, 0.2) is 0 Å². The van der Waals surface area contributed by atoms with Crippen molar-refractivity contribution in [3.63, 3.8) is 0 Å². The van der Waals surface area contributed by atoms with Gasteiger partial charge >= 0.3 is 0 Å². The molecule has 0 spiro atoms. The third kappa shape index (κ3) is 3.06. The van der Waals surface area contributed by atoms with E-state index in [-0.39, 0.29) is 17.6 Å². The van der Waals surface area contributed by atoms with E-state index in [2.05, 4.69) is 25.6 Å². The van der Waals surface area contributed by atoms with Crippen LogP contribution in [0, 0.1) is 6.92 Å². The van der Waals surface area contributed by atoms with E-state index in [1.807, 2.05) is 0 Å². The molecule has 0 saturated heterocycles. The standard InChI is InChI=1S/C12H15N5O2/c1-7-4-16-12(19-7)8(2)17-11(18)9-5-15-10(13-3)6-14-9/h4-6,8H,1-3H3,(H,13,15)(H,17,18). The summed E-state index contributed by atoms with van der Waals surface area (Å²) in [4.78, 5) is 24.0. The van der Waals surface area contributed by atoms with E-state index in [1.54, 1.807) is 27.1 Å². The maximum atomic E-state index is 11.9. The molecule has 0 saturated carbocycles. The number of amides is 1. The summed E-state index contributed by atoms with van der Waals surface area (Å²) in [6, 6.07) is -0.327. The molecule has 0 aromatic carbocycles. The van der Waals surface area contributed by atoms with Crippen LogP contribution in [0.15, 0.2) is 23.0 Å². The number of nitrogens with zero attached hydrogens (tertiary/aromatic N) is 3. The van der Waals surface area contributed by atoms with Gasteiger partial charge in [0.1, 0.15) is 23.3 Å². The molecule has 7 nitrogen and oxygen atoms in total. The van der Waals surface area contributed by atoms with Crippen molar-refractivity contribution in [2.75, 3.05) is 12.4 Å². The lowest BCUT2D eigenvalue weighted by Gasteiger charge is -2.09. The molecule has 0 aliphatic heterocycles. The number of carbonyl (C=O) groups excluding carboxylic acids is 1. The molecular weight excluding hydrogens is 246 g/mol. The first-order valence-electron chi connectivity index (χ1n) is 5.83. The maximum absolute atomic E-state index is 11.9. The van der Waals surface area contributed by atoms with Gasteiger partial charge in [0.2, 0.25) is 5.89 Å². The number of nitrogens with one attached hydrogen (secondary N) is 2. The highest BCUT2D eigenvalue weighted by Gasteiger charge is 2.16. The number of aromatic nitrogens is 3. The Morgan fingerprint density at radius 2 is 2.05 bits per heavy atom. The summed E-state index contributed by atoms with van der Waals surface area (Å²) >= 11 is 0. The normalized spacial score (nSPS) is 11.9. The zero-order chi connectivity index (χ0) is 13.8. The van der Waals surface area contributed by atoms with Crippen molar-refractivity contribution >= 4 is 11.7 Å². The number of oxazole rings is 1. The molecule has 0 fully saturated rings. The predicted octanol–water partition coefficient (Wildman–Crippen LogP) is 1.31. The van der Waals surface area contributed by atoms with Crippen molar-refractivity contribution in [2.24, 2.45) is 0 Å². The van der Waals surface area contributed by atoms with Crippen molar-refractivity contribution in [3.8, 4) is 0 Å². The number of aryl methyl sites for hydroxylation is 1. The van der Waals surface area contributed by atoms with Gasteiger partial charge in [-0.1, -0.05) is 0 Å². The topological polar surface area (TPSA) is 92.9 Å². The van der Waals surface area contributed by atoms with Crippen LogP contribution in [-0.2, 0) is 0 Å². The quantitative estimate of drug-likeness (QED) is 0.861. The fraction of sp³-hybridized carbons (Fsp3) is 0.333. The van der Waals surface area contributed by atoms with E-state index in [1.165, 1.54) is 12.4 Å². The minimum Gasteiger partial charge on any atom is -0.444 e. The van der Waals surface area contributed by atoms with Crippen LogP contribution in [0.2, 0.25) is 0 Å². The summed E-state index contributed by atoms with van der Waals surface area (Å²) in [6.07, 6.45) is 4.52. The minimum atomic E-state index is -0.327. The summed E-state index contributed by atoms with van der Waals surface area (Å²) in [6.45, 7) is 3.59. The number of anilines is 1. The first kappa shape index (κ1) is 13.0. The van der Waals surface area contributed by atoms with E-state index in [9.17, 15) is 4.79 Å². The molecule has 0 bridgehead atoms. The van der Waals surface area contributed by atoms with Crippen molar-refractivity contribution in [3.05, 3.63) is 35.9 Å². The smallest absolute Gasteiger partial charge is 0.272 e. The Balaban J connectivity index is 2.03. The lowest BCUT2D eigenvalue weighted by Crippen LogP contribution is -2.27. The van der Waals surface area contributed by atoms with Crippen LogP contribution in [0.4, 0.5) is 5.82 Å². The molecule has 2 aromatic heterocycles. The second-order valence-corrected chi connectivity index (χ2v) is 4.04. The van der Waals surface area contributed by atoms with Crippen molar-refractivity contribution in [2.45, 2.75) is 19.9 Å². The molecule has 1 unspecified atom stereocenters. The van der Waals surface area contributed by atoms with Gasteiger partial charge in [-0.05, 0) is 13.8 Å². The fourth-order valence-corrected chi connectivity index (χ4v) is 1.48. The monoisotopic (exact) mass is 261 g/mol. The van der Waals surface area contributed by atoms with Gasteiger partial charge in [0, 0.05) is 7.05 Å². The van der Waals surface area contributed by atoms with Gasteiger partial charge in [0.25, 0.3) is 5.91 Å². The Morgan fingerprint density at radius 3 is 2.58 bits per heavy atom. The van der Waals surface area contributed by atoms with Crippen LogP contribution in [-0.4, -0.2) is 27.9 Å². The van der Waals surface area contributed by atoms with Gasteiger partial charge in [-0.15, -0.1) is 0 Å². The van der Waals surface area contributed by atoms with E-state index in [0.717, 1.165) is 0 Å². The summed E-state index contributed by atoms with van der Waals surface area (Å²) in [5.74, 6) is 1.45. The van der Waals surface area contributed by atoms with Crippen LogP contribution < -0.4 is 10.6 Å². The van der Waals surface area contributed by atoms with Gasteiger partial charge in [-0.3, -0.25) is 4.79 Å². The summed E-state index contributed by atoms with van der Waals surface area (Å²) in [5.41, 5.74) is 0.245. The highest BCUT2D eigenvalue weighted by Crippen LogP contribution is 2.12. The zero-order valence-electron chi connectivity index (χ0n) is 11.0. The van der Waals surface area contributed by atoms with E-state index in [0.29, 0.717) is 17.5 Å². The van der Waals surface area contributed by atoms with Gasteiger partial charge < -0.3 is 15.1 Å². The molecule has 0 aliphatic rings. The van der Waals surface area contributed by atoms with Gasteiger partial charge in [-0.25, -0.2) is 15.0 Å².